The van der Waals surface area contributed by atoms with Gasteiger partial charge in [-0.05, 0) is 36.8 Å². The molecule has 4 nitrogen and oxygen atoms in total. The van der Waals surface area contributed by atoms with Gasteiger partial charge < -0.3 is 10.2 Å². The van der Waals surface area contributed by atoms with Gasteiger partial charge in [0.15, 0.2) is 0 Å². The highest BCUT2D eigenvalue weighted by Gasteiger charge is 2.25. The summed E-state index contributed by atoms with van der Waals surface area (Å²) in [6, 6.07) is 7.95. The molecule has 0 radical (unpaired) electrons. The summed E-state index contributed by atoms with van der Waals surface area (Å²) in [6.45, 7) is 5.32. The van der Waals surface area contributed by atoms with E-state index in [4.69, 9.17) is 0 Å². The molecule has 1 heterocycles. The topological polar surface area (TPSA) is 49.4 Å². The Balaban J connectivity index is 1.87. The SMILES string of the molecule is CSCc1cccc(C(=O)NC2CCN(C(=O)C(C)C)CC2)c1. The van der Waals surface area contributed by atoms with Crippen LogP contribution in [0.15, 0.2) is 24.3 Å². The Hall–Kier alpha value is -1.49. The Morgan fingerprint density at radius 3 is 2.61 bits per heavy atom. The summed E-state index contributed by atoms with van der Waals surface area (Å²) in [6.07, 6.45) is 3.71. The van der Waals surface area contributed by atoms with Crippen LogP contribution in [-0.4, -0.2) is 42.1 Å². The second kappa shape index (κ2) is 8.39. The molecule has 23 heavy (non-hydrogen) atoms. The van der Waals surface area contributed by atoms with Gasteiger partial charge >= 0.3 is 0 Å². The summed E-state index contributed by atoms with van der Waals surface area (Å²) in [5, 5.41) is 3.11. The van der Waals surface area contributed by atoms with E-state index in [1.165, 1.54) is 5.56 Å². The number of hydrogen-bond acceptors (Lipinski definition) is 3. The van der Waals surface area contributed by atoms with Gasteiger partial charge in [-0.1, -0.05) is 26.0 Å². The standard InChI is InChI=1S/C18H26N2O2S/c1-13(2)18(22)20-9-7-16(8-10-20)19-17(21)15-6-4-5-14(11-15)12-23-3/h4-6,11,13,16H,7-10,12H2,1-3H3,(H,19,21). The summed E-state index contributed by atoms with van der Waals surface area (Å²) in [5.74, 6) is 1.15. The lowest BCUT2D eigenvalue weighted by Gasteiger charge is -2.33. The van der Waals surface area contributed by atoms with Gasteiger partial charge in [0.2, 0.25) is 5.91 Å². The predicted octanol–water partition coefficient (Wildman–Crippen LogP) is 2.93. The largest absolute Gasteiger partial charge is 0.349 e. The molecule has 0 saturated carbocycles. The molecule has 126 valence electrons. The minimum Gasteiger partial charge on any atom is -0.349 e. The average Bonchev–Trinajstić information content (AvgIpc) is 2.55. The summed E-state index contributed by atoms with van der Waals surface area (Å²) in [5.41, 5.74) is 1.89. The summed E-state index contributed by atoms with van der Waals surface area (Å²) >= 11 is 1.75. The number of nitrogens with zero attached hydrogens (tertiary/aromatic N) is 1. The number of rotatable bonds is 5. The van der Waals surface area contributed by atoms with E-state index < -0.39 is 0 Å². The van der Waals surface area contributed by atoms with Crippen LogP contribution in [0.5, 0.6) is 0 Å². The molecule has 0 aliphatic carbocycles. The number of nitrogens with one attached hydrogen (secondary N) is 1. The van der Waals surface area contributed by atoms with Gasteiger partial charge in [-0.2, -0.15) is 11.8 Å². The molecule has 1 fully saturated rings. The van der Waals surface area contributed by atoms with Gasteiger partial charge in [-0.25, -0.2) is 0 Å². The molecule has 1 N–H and O–H groups in total. The number of amides is 2. The highest BCUT2D eigenvalue weighted by atomic mass is 32.2. The fourth-order valence-electron chi connectivity index (χ4n) is 2.85. The van der Waals surface area contributed by atoms with Crippen molar-refractivity contribution in [3.05, 3.63) is 35.4 Å². The molecule has 0 atom stereocenters. The quantitative estimate of drug-likeness (QED) is 0.901. The Kier molecular flexibility index (Phi) is 6.51. The fraction of sp³-hybridized carbons (Fsp3) is 0.556. The third kappa shape index (κ3) is 4.99. The van der Waals surface area contributed by atoms with E-state index in [2.05, 4.69) is 11.6 Å². The van der Waals surface area contributed by atoms with E-state index in [0.717, 1.165) is 37.2 Å². The zero-order valence-corrected chi connectivity index (χ0v) is 15.0. The van der Waals surface area contributed by atoms with E-state index in [1.807, 2.05) is 43.0 Å². The molecule has 0 bridgehead atoms. The first-order chi connectivity index (χ1) is 11.0. The van der Waals surface area contributed by atoms with Crippen molar-refractivity contribution in [3.8, 4) is 0 Å². The molecule has 1 aromatic rings. The monoisotopic (exact) mass is 334 g/mol. The van der Waals surface area contributed by atoms with Crippen LogP contribution in [-0.2, 0) is 10.5 Å². The lowest BCUT2D eigenvalue weighted by molar-refractivity contribution is -0.135. The van der Waals surface area contributed by atoms with Crippen LogP contribution in [0.25, 0.3) is 0 Å². The van der Waals surface area contributed by atoms with E-state index in [-0.39, 0.29) is 23.8 Å². The van der Waals surface area contributed by atoms with E-state index in [9.17, 15) is 9.59 Å². The molecule has 1 aromatic carbocycles. The molecule has 0 spiro atoms. The van der Waals surface area contributed by atoms with Crippen LogP contribution in [0.3, 0.4) is 0 Å². The summed E-state index contributed by atoms with van der Waals surface area (Å²) < 4.78 is 0. The Morgan fingerprint density at radius 2 is 2.00 bits per heavy atom. The lowest BCUT2D eigenvalue weighted by Crippen LogP contribution is -2.47. The molecule has 1 aliphatic rings. The smallest absolute Gasteiger partial charge is 0.251 e. The second-order valence-corrected chi connectivity index (χ2v) is 7.23. The first kappa shape index (κ1) is 17.9. The molecule has 1 saturated heterocycles. The van der Waals surface area contributed by atoms with E-state index >= 15 is 0 Å². The zero-order chi connectivity index (χ0) is 16.8. The van der Waals surface area contributed by atoms with Crippen LogP contribution in [0.4, 0.5) is 0 Å². The maximum Gasteiger partial charge on any atom is 0.251 e. The maximum atomic E-state index is 12.4. The predicted molar refractivity (Wildman–Crippen MR) is 95.6 cm³/mol. The van der Waals surface area contributed by atoms with Crippen molar-refractivity contribution in [3.63, 3.8) is 0 Å². The molecule has 5 heteroatoms. The van der Waals surface area contributed by atoms with Crippen molar-refractivity contribution in [2.45, 2.75) is 38.5 Å². The number of thioether (sulfide) groups is 1. The van der Waals surface area contributed by atoms with Crippen molar-refractivity contribution in [2.24, 2.45) is 5.92 Å². The van der Waals surface area contributed by atoms with Crippen molar-refractivity contribution in [2.75, 3.05) is 19.3 Å². The van der Waals surface area contributed by atoms with E-state index in [0.29, 0.717) is 0 Å². The van der Waals surface area contributed by atoms with Gasteiger partial charge in [0.05, 0.1) is 0 Å². The van der Waals surface area contributed by atoms with E-state index in [1.54, 1.807) is 11.8 Å². The molecule has 0 aromatic heterocycles. The van der Waals surface area contributed by atoms with Crippen LogP contribution < -0.4 is 5.32 Å². The van der Waals surface area contributed by atoms with Gasteiger partial charge in [-0.15, -0.1) is 0 Å². The molecule has 1 aliphatic heterocycles. The lowest BCUT2D eigenvalue weighted by atomic mass is 10.0. The molecule has 2 amide bonds. The Morgan fingerprint density at radius 1 is 1.30 bits per heavy atom. The number of benzene rings is 1. The van der Waals surface area contributed by atoms with Crippen molar-refractivity contribution < 1.29 is 9.59 Å². The summed E-state index contributed by atoms with van der Waals surface area (Å²) in [7, 11) is 0. The second-order valence-electron chi connectivity index (χ2n) is 6.36. The molecular formula is C18H26N2O2S. The number of carbonyl (C=O) groups is 2. The van der Waals surface area contributed by atoms with Gasteiger partial charge in [0.25, 0.3) is 5.91 Å². The number of carbonyl (C=O) groups excluding carboxylic acids is 2. The normalized spacial score (nSPS) is 15.7. The highest BCUT2D eigenvalue weighted by Crippen LogP contribution is 2.15. The van der Waals surface area contributed by atoms with Gasteiger partial charge in [0.1, 0.15) is 0 Å². The minimum atomic E-state index is -0.0124. The first-order valence-corrected chi connectivity index (χ1v) is 9.58. The van der Waals surface area contributed by atoms with Crippen LogP contribution in [0, 0.1) is 5.92 Å². The highest BCUT2D eigenvalue weighted by molar-refractivity contribution is 7.97. The third-order valence-electron chi connectivity index (χ3n) is 4.14. The molecular weight excluding hydrogens is 308 g/mol. The fourth-order valence-corrected chi connectivity index (χ4v) is 3.36. The van der Waals surface area contributed by atoms with Crippen LogP contribution in [0.1, 0.15) is 42.6 Å². The third-order valence-corrected chi connectivity index (χ3v) is 4.76. The minimum absolute atomic E-state index is 0.0124. The van der Waals surface area contributed by atoms with Gasteiger partial charge in [0, 0.05) is 36.4 Å². The number of piperidine rings is 1. The maximum absolute atomic E-state index is 12.4. The van der Waals surface area contributed by atoms with Crippen molar-refractivity contribution in [1.82, 2.24) is 10.2 Å². The number of likely N-dealkylation sites (tertiary alicyclic amines) is 1. The summed E-state index contributed by atoms with van der Waals surface area (Å²) in [4.78, 5) is 26.3. The van der Waals surface area contributed by atoms with Crippen LogP contribution in [0.2, 0.25) is 0 Å². The van der Waals surface area contributed by atoms with Crippen molar-refractivity contribution >= 4 is 23.6 Å². The molecule has 0 unspecified atom stereocenters. The van der Waals surface area contributed by atoms with Gasteiger partial charge in [-0.3, -0.25) is 9.59 Å². The Labute approximate surface area is 143 Å². The zero-order valence-electron chi connectivity index (χ0n) is 14.2. The van der Waals surface area contributed by atoms with Crippen LogP contribution >= 0.6 is 11.8 Å². The molecule has 2 rings (SSSR count). The Bertz CT molecular complexity index is 552. The average molecular weight is 334 g/mol. The number of hydrogen-bond donors (Lipinski definition) is 1. The van der Waals surface area contributed by atoms with Crippen molar-refractivity contribution in [1.29, 1.82) is 0 Å². The first-order valence-electron chi connectivity index (χ1n) is 8.18.